The number of likely N-dealkylation sites (N-methyl/N-ethyl adjacent to an activating group) is 1. The number of ketones is 1. The van der Waals surface area contributed by atoms with Crippen molar-refractivity contribution in [2.24, 2.45) is 0 Å². The summed E-state index contributed by atoms with van der Waals surface area (Å²) in [5.74, 6) is 0.256. The molecule has 1 N–H and O–H groups in total. The standard InChI is InChI=1S/C10H18N2O/c1-3-12(2)7-6-11-9-4-5-10(13)8-9/h8,11H,3-7H2,1-2H3. The Morgan fingerprint density at radius 1 is 1.54 bits per heavy atom. The quantitative estimate of drug-likeness (QED) is 0.681. The summed E-state index contributed by atoms with van der Waals surface area (Å²) in [5.41, 5.74) is 1.11. The average Bonchev–Trinajstić information content (AvgIpc) is 2.51. The molecule has 0 aliphatic heterocycles. The van der Waals surface area contributed by atoms with Gasteiger partial charge in [0.25, 0.3) is 0 Å². The molecule has 0 fully saturated rings. The Kier molecular flexibility index (Phi) is 3.96. The predicted octanol–water partition coefficient (Wildman–Crippen LogP) is 0.774. The molecule has 0 bridgehead atoms. The molecule has 13 heavy (non-hydrogen) atoms. The fraction of sp³-hybridized carbons (Fsp3) is 0.700. The van der Waals surface area contributed by atoms with Crippen molar-refractivity contribution in [3.05, 3.63) is 11.8 Å². The van der Waals surface area contributed by atoms with Crippen molar-refractivity contribution in [3.63, 3.8) is 0 Å². The van der Waals surface area contributed by atoms with Gasteiger partial charge in [0.2, 0.25) is 0 Å². The van der Waals surface area contributed by atoms with Gasteiger partial charge in [-0.25, -0.2) is 0 Å². The van der Waals surface area contributed by atoms with Crippen LogP contribution >= 0.6 is 0 Å². The van der Waals surface area contributed by atoms with Gasteiger partial charge in [-0.2, -0.15) is 0 Å². The zero-order valence-corrected chi connectivity index (χ0v) is 8.47. The van der Waals surface area contributed by atoms with Crippen molar-refractivity contribution < 1.29 is 4.79 Å². The summed E-state index contributed by atoms with van der Waals surface area (Å²) in [6.07, 6.45) is 3.31. The molecule has 3 heteroatoms. The van der Waals surface area contributed by atoms with Crippen LogP contribution in [0.1, 0.15) is 19.8 Å². The van der Waals surface area contributed by atoms with Gasteiger partial charge in [-0.05, 0) is 20.0 Å². The molecule has 1 aliphatic carbocycles. The number of rotatable bonds is 5. The monoisotopic (exact) mass is 182 g/mol. The van der Waals surface area contributed by atoms with Crippen molar-refractivity contribution in [2.75, 3.05) is 26.7 Å². The van der Waals surface area contributed by atoms with Crippen LogP contribution in [0.3, 0.4) is 0 Å². The van der Waals surface area contributed by atoms with E-state index in [1.165, 1.54) is 0 Å². The Balaban J connectivity index is 2.13. The van der Waals surface area contributed by atoms with Crippen LogP contribution in [0.2, 0.25) is 0 Å². The molecule has 1 rings (SSSR count). The van der Waals surface area contributed by atoms with Crippen molar-refractivity contribution in [2.45, 2.75) is 19.8 Å². The number of hydrogen-bond donors (Lipinski definition) is 1. The molecule has 1 aliphatic rings. The first kappa shape index (κ1) is 10.3. The topological polar surface area (TPSA) is 32.3 Å². The summed E-state index contributed by atoms with van der Waals surface area (Å²) in [5, 5.41) is 3.28. The SMILES string of the molecule is CCN(C)CCNC1=CC(=O)CC1. The summed E-state index contributed by atoms with van der Waals surface area (Å²) < 4.78 is 0. The molecule has 0 aromatic carbocycles. The first-order valence-corrected chi connectivity index (χ1v) is 4.88. The van der Waals surface area contributed by atoms with E-state index >= 15 is 0 Å². The maximum absolute atomic E-state index is 10.9. The van der Waals surface area contributed by atoms with E-state index in [0.717, 1.165) is 31.8 Å². The van der Waals surface area contributed by atoms with E-state index in [1.54, 1.807) is 6.08 Å². The Morgan fingerprint density at radius 2 is 2.31 bits per heavy atom. The van der Waals surface area contributed by atoms with Gasteiger partial charge >= 0.3 is 0 Å². The number of nitrogens with zero attached hydrogens (tertiary/aromatic N) is 1. The van der Waals surface area contributed by atoms with Gasteiger partial charge in [-0.1, -0.05) is 6.92 Å². The molecule has 0 saturated heterocycles. The molecule has 74 valence electrons. The summed E-state index contributed by atoms with van der Waals surface area (Å²) in [7, 11) is 2.09. The largest absolute Gasteiger partial charge is 0.387 e. The minimum Gasteiger partial charge on any atom is -0.387 e. The van der Waals surface area contributed by atoms with Gasteiger partial charge in [0.1, 0.15) is 0 Å². The highest BCUT2D eigenvalue weighted by molar-refractivity contribution is 5.92. The number of carbonyl (C=O) groups excluding carboxylic acids is 1. The Morgan fingerprint density at radius 3 is 2.85 bits per heavy atom. The summed E-state index contributed by atoms with van der Waals surface area (Å²) in [4.78, 5) is 13.1. The van der Waals surface area contributed by atoms with Gasteiger partial charge < -0.3 is 10.2 Å². The zero-order chi connectivity index (χ0) is 9.68. The van der Waals surface area contributed by atoms with Crippen molar-refractivity contribution in [1.29, 1.82) is 0 Å². The molecule has 3 nitrogen and oxygen atoms in total. The van der Waals surface area contributed by atoms with Crippen molar-refractivity contribution >= 4 is 5.78 Å². The maximum atomic E-state index is 10.9. The smallest absolute Gasteiger partial charge is 0.157 e. The summed E-state index contributed by atoms with van der Waals surface area (Å²) in [6.45, 7) is 5.17. The third kappa shape index (κ3) is 3.59. The molecular weight excluding hydrogens is 164 g/mol. The van der Waals surface area contributed by atoms with E-state index in [2.05, 4.69) is 24.2 Å². The van der Waals surface area contributed by atoms with E-state index in [-0.39, 0.29) is 5.78 Å². The number of carbonyl (C=O) groups is 1. The van der Waals surface area contributed by atoms with Gasteiger partial charge in [0.05, 0.1) is 0 Å². The average molecular weight is 182 g/mol. The molecule has 0 aromatic heterocycles. The second kappa shape index (κ2) is 5.02. The highest BCUT2D eigenvalue weighted by atomic mass is 16.1. The molecule has 0 spiro atoms. The van der Waals surface area contributed by atoms with Crippen LogP contribution in [0.15, 0.2) is 11.8 Å². The second-order valence-corrected chi connectivity index (χ2v) is 3.46. The molecule has 0 amide bonds. The van der Waals surface area contributed by atoms with E-state index in [9.17, 15) is 4.79 Å². The zero-order valence-electron chi connectivity index (χ0n) is 8.47. The van der Waals surface area contributed by atoms with Crippen LogP contribution in [0.5, 0.6) is 0 Å². The lowest BCUT2D eigenvalue weighted by Crippen LogP contribution is -2.28. The van der Waals surface area contributed by atoms with E-state index in [1.807, 2.05) is 0 Å². The molecule has 0 unspecified atom stereocenters. The molecule has 0 aromatic rings. The van der Waals surface area contributed by atoms with Crippen LogP contribution in [0, 0.1) is 0 Å². The number of hydrogen-bond acceptors (Lipinski definition) is 3. The Bertz CT molecular complexity index is 211. The fourth-order valence-corrected chi connectivity index (χ4v) is 1.30. The van der Waals surface area contributed by atoms with Crippen LogP contribution in [-0.4, -0.2) is 37.4 Å². The highest BCUT2D eigenvalue weighted by Crippen LogP contribution is 2.10. The second-order valence-electron chi connectivity index (χ2n) is 3.46. The van der Waals surface area contributed by atoms with Gasteiger partial charge in [0, 0.05) is 31.3 Å². The van der Waals surface area contributed by atoms with Crippen LogP contribution in [0.25, 0.3) is 0 Å². The Labute approximate surface area is 79.8 Å². The fourth-order valence-electron chi connectivity index (χ4n) is 1.30. The Hall–Kier alpha value is -0.830. The van der Waals surface area contributed by atoms with Crippen LogP contribution in [0.4, 0.5) is 0 Å². The molecule has 0 radical (unpaired) electrons. The van der Waals surface area contributed by atoms with Gasteiger partial charge in [-0.3, -0.25) is 4.79 Å². The number of allylic oxidation sites excluding steroid dienone is 2. The number of nitrogens with one attached hydrogen (secondary N) is 1. The lowest BCUT2D eigenvalue weighted by molar-refractivity contribution is -0.114. The lowest BCUT2D eigenvalue weighted by Gasteiger charge is -2.14. The van der Waals surface area contributed by atoms with Crippen LogP contribution in [-0.2, 0) is 4.79 Å². The molecule has 0 heterocycles. The summed E-state index contributed by atoms with van der Waals surface area (Å²) in [6, 6.07) is 0. The first-order chi connectivity index (χ1) is 6.22. The molecule has 0 atom stereocenters. The van der Waals surface area contributed by atoms with Gasteiger partial charge in [0.15, 0.2) is 5.78 Å². The first-order valence-electron chi connectivity index (χ1n) is 4.88. The molecule has 0 saturated carbocycles. The third-order valence-electron chi connectivity index (χ3n) is 2.36. The predicted molar refractivity (Wildman–Crippen MR) is 53.5 cm³/mol. The normalized spacial score (nSPS) is 16.5. The minimum absolute atomic E-state index is 0.256. The van der Waals surface area contributed by atoms with Gasteiger partial charge in [-0.15, -0.1) is 0 Å². The van der Waals surface area contributed by atoms with E-state index in [4.69, 9.17) is 0 Å². The van der Waals surface area contributed by atoms with E-state index < -0.39 is 0 Å². The van der Waals surface area contributed by atoms with E-state index in [0.29, 0.717) is 6.42 Å². The lowest BCUT2D eigenvalue weighted by atomic mass is 10.3. The highest BCUT2D eigenvalue weighted by Gasteiger charge is 2.10. The maximum Gasteiger partial charge on any atom is 0.157 e. The van der Waals surface area contributed by atoms with Crippen molar-refractivity contribution in [1.82, 2.24) is 10.2 Å². The molecular formula is C10H18N2O. The van der Waals surface area contributed by atoms with Crippen molar-refractivity contribution in [3.8, 4) is 0 Å². The van der Waals surface area contributed by atoms with Crippen LogP contribution < -0.4 is 5.32 Å². The minimum atomic E-state index is 0.256. The summed E-state index contributed by atoms with van der Waals surface area (Å²) >= 11 is 0. The third-order valence-corrected chi connectivity index (χ3v) is 2.36.